The topological polar surface area (TPSA) is 388 Å². The standard InChI is InChI=1S/C75H103ClN8O22/c1-46(2)40-59-72(94)103-57(15-12-16-61(86)81-56(42-51-23-28-58(98-9)54(76)41-51)69(91)79-45-75(6,7)73(95)104-59)48(5)67-68(105-67)52-24-19-49(20-25-52)43-78-74(96)102-44-50-21-26-53(27-22-50)80-70(92)55(14-10-11-32-77-60(85)31-33-99-36-37-101-39-38-100-35-34-97-8)82-71(93)66(47(3)4)83-62(87)17-13-18-65(90)106-84-63(88)29-30-64(84)89/h12,16,19-28,41,46-48,55-57,59,66-68H,10-11,13-15,17-18,29-40,42-45H2,1-9H3,(H,77,85)(H,78,96)(H,79,91)(H,80,92)(H,81,86)(H,82,93)(H,83,87)/b16-12+/t48-,55-,56?,57-,59-,66-,67+,68+/m0/s1. The maximum absolute atomic E-state index is 14.0. The molecule has 0 radical (unpaired) electrons. The number of rotatable bonds is 40. The zero-order valence-electron chi connectivity index (χ0n) is 61.8. The lowest BCUT2D eigenvalue weighted by Crippen LogP contribution is -2.54. The Morgan fingerprint density at radius 2 is 1.38 bits per heavy atom. The summed E-state index contributed by atoms with van der Waals surface area (Å²) < 4.78 is 50.3. The summed E-state index contributed by atoms with van der Waals surface area (Å²) in [5.74, 6) is -7.34. The zero-order valence-corrected chi connectivity index (χ0v) is 62.6. The van der Waals surface area contributed by atoms with E-state index in [1.165, 1.54) is 13.2 Å². The van der Waals surface area contributed by atoms with Crippen molar-refractivity contribution in [1.29, 1.82) is 0 Å². The van der Waals surface area contributed by atoms with Crippen molar-refractivity contribution in [3.8, 4) is 5.75 Å². The van der Waals surface area contributed by atoms with Crippen LogP contribution in [-0.2, 0) is 115 Å². The highest BCUT2D eigenvalue weighted by atomic mass is 35.5. The molecular formula is C75H103ClN8O22. The molecule has 30 nitrogen and oxygen atoms in total. The number of carbonyl (C=O) groups excluding carboxylic acids is 12. The van der Waals surface area contributed by atoms with Gasteiger partial charge in [0.15, 0.2) is 6.10 Å². The van der Waals surface area contributed by atoms with Crippen molar-refractivity contribution in [2.75, 3.05) is 78.9 Å². The van der Waals surface area contributed by atoms with Crippen LogP contribution < -0.4 is 42.0 Å². The third-order valence-corrected chi connectivity index (χ3v) is 17.7. The van der Waals surface area contributed by atoms with Crippen molar-refractivity contribution in [2.24, 2.45) is 23.2 Å². The average molecular weight is 1500 g/mol. The number of esters is 2. The highest BCUT2D eigenvalue weighted by molar-refractivity contribution is 6.32. The van der Waals surface area contributed by atoms with Crippen molar-refractivity contribution in [1.82, 2.24) is 37.0 Å². The number of nitrogens with zero attached hydrogens (tertiary/aromatic N) is 1. The van der Waals surface area contributed by atoms with Gasteiger partial charge in [0.1, 0.15) is 42.7 Å². The maximum atomic E-state index is 14.0. The Balaban J connectivity index is 1.000. The second kappa shape index (κ2) is 44.2. The molecule has 2 fully saturated rings. The maximum Gasteiger partial charge on any atom is 0.407 e. The van der Waals surface area contributed by atoms with E-state index >= 15 is 0 Å². The Morgan fingerprint density at radius 1 is 0.717 bits per heavy atom. The number of halogens is 1. The molecule has 106 heavy (non-hydrogen) atoms. The summed E-state index contributed by atoms with van der Waals surface area (Å²) in [5.41, 5.74) is 1.84. The van der Waals surface area contributed by atoms with E-state index in [1.54, 1.807) is 83.3 Å². The van der Waals surface area contributed by atoms with E-state index in [0.717, 1.165) is 11.1 Å². The third kappa shape index (κ3) is 29.7. The Hall–Kier alpha value is -9.07. The predicted molar refractivity (Wildman–Crippen MR) is 384 cm³/mol. The second-order valence-electron chi connectivity index (χ2n) is 27.4. The summed E-state index contributed by atoms with van der Waals surface area (Å²) in [6, 6.07) is 15.6. The molecule has 3 aromatic carbocycles. The number of carbonyl (C=O) groups is 12. The number of hydrogen-bond donors (Lipinski definition) is 7. The fourth-order valence-electron chi connectivity index (χ4n) is 11.1. The van der Waals surface area contributed by atoms with Gasteiger partial charge in [0.05, 0.1) is 69.9 Å². The van der Waals surface area contributed by atoms with E-state index in [4.69, 9.17) is 59.1 Å². The highest BCUT2D eigenvalue weighted by Crippen LogP contribution is 2.45. The molecule has 6 rings (SSSR count). The van der Waals surface area contributed by atoms with Crippen LogP contribution in [0.3, 0.4) is 0 Å². The molecule has 3 aromatic rings. The van der Waals surface area contributed by atoms with Gasteiger partial charge in [0.25, 0.3) is 11.8 Å². The van der Waals surface area contributed by atoms with Crippen molar-refractivity contribution in [3.63, 3.8) is 0 Å². The van der Waals surface area contributed by atoms with Gasteiger partial charge >= 0.3 is 24.0 Å². The Kier molecular flexibility index (Phi) is 35.8. The number of cyclic esters (lactones) is 2. The molecule has 582 valence electrons. The molecule has 0 aliphatic carbocycles. The first-order valence-corrected chi connectivity index (χ1v) is 36.2. The Morgan fingerprint density at radius 3 is 2.03 bits per heavy atom. The highest BCUT2D eigenvalue weighted by Gasteiger charge is 2.48. The van der Waals surface area contributed by atoms with Crippen molar-refractivity contribution < 1.29 is 105 Å². The molecule has 7 N–H and O–H groups in total. The molecule has 0 saturated carbocycles. The summed E-state index contributed by atoms with van der Waals surface area (Å²) in [7, 11) is 3.07. The van der Waals surface area contributed by atoms with Crippen molar-refractivity contribution in [3.05, 3.63) is 106 Å². The number of hydrogen-bond acceptors (Lipinski definition) is 22. The minimum Gasteiger partial charge on any atom is -0.495 e. The fraction of sp³-hybridized carbons (Fsp3) is 0.573. The monoisotopic (exact) mass is 1500 g/mol. The van der Waals surface area contributed by atoms with Crippen LogP contribution in [0.4, 0.5) is 10.5 Å². The number of epoxide rings is 1. The van der Waals surface area contributed by atoms with Gasteiger partial charge in [-0.15, -0.1) is 5.06 Å². The largest absolute Gasteiger partial charge is 0.495 e. The minimum absolute atomic E-state index is 0.0139. The Labute approximate surface area is 623 Å². The minimum atomic E-state index is -1.30. The van der Waals surface area contributed by atoms with Crippen LogP contribution in [0.5, 0.6) is 5.75 Å². The molecule has 0 aromatic heterocycles. The quantitative estimate of drug-likeness (QED) is 0.0108. The first kappa shape index (κ1) is 85.9. The molecule has 0 bridgehead atoms. The Bertz CT molecular complexity index is 3470. The number of amides is 9. The van der Waals surface area contributed by atoms with Crippen LogP contribution in [0.2, 0.25) is 5.02 Å². The SMILES string of the molecule is COCCOCCOCCOCCC(=O)NCCCC[C@H](NC(=O)[C@@H](NC(=O)CCCC(=O)ON1C(=O)CCC1=O)C(C)C)C(=O)Nc1ccc(COC(=O)NCc2ccc([C@H]3O[C@@H]3[C@@H](C)[C@@H]3C/C=C/C(=O)NC(Cc4ccc(OC)c(Cl)c4)C(=O)NCC(C)(C)C(=O)O[C@@H](CC(C)C)C(=O)O3)cc2)cc1. The number of anilines is 1. The van der Waals surface area contributed by atoms with Crippen LogP contribution in [0.15, 0.2) is 78.9 Å². The summed E-state index contributed by atoms with van der Waals surface area (Å²) >= 11 is 6.40. The second-order valence-corrected chi connectivity index (χ2v) is 27.8. The molecule has 1 unspecified atom stereocenters. The number of imide groups is 1. The van der Waals surface area contributed by atoms with Crippen LogP contribution in [-0.4, -0.2) is 186 Å². The normalized spacial score (nSPS) is 19.5. The predicted octanol–water partition coefficient (Wildman–Crippen LogP) is 6.26. The van der Waals surface area contributed by atoms with Gasteiger partial charge < -0.3 is 84.7 Å². The molecule has 31 heteroatoms. The van der Waals surface area contributed by atoms with Crippen LogP contribution in [0.25, 0.3) is 0 Å². The molecule has 3 heterocycles. The van der Waals surface area contributed by atoms with Crippen LogP contribution >= 0.6 is 11.6 Å². The van der Waals surface area contributed by atoms with Gasteiger partial charge in [-0.3, -0.25) is 43.2 Å². The number of nitrogens with one attached hydrogen (secondary N) is 7. The number of alkyl carbamates (subject to hydrolysis) is 1. The van der Waals surface area contributed by atoms with Gasteiger partial charge in [0.2, 0.25) is 35.4 Å². The van der Waals surface area contributed by atoms with Gasteiger partial charge in [0, 0.05) is 83.3 Å². The van der Waals surface area contributed by atoms with Gasteiger partial charge in [-0.05, 0) is 110 Å². The molecule has 3 aliphatic heterocycles. The van der Waals surface area contributed by atoms with E-state index in [0.29, 0.717) is 85.1 Å². The van der Waals surface area contributed by atoms with E-state index in [1.807, 2.05) is 45.0 Å². The lowest BCUT2D eigenvalue weighted by atomic mass is 9.92. The van der Waals surface area contributed by atoms with E-state index < -0.39 is 125 Å². The summed E-state index contributed by atoms with van der Waals surface area (Å²) in [4.78, 5) is 163. The average Bonchev–Trinajstić information content (AvgIpc) is 1.63. The first-order valence-electron chi connectivity index (χ1n) is 35.8. The van der Waals surface area contributed by atoms with E-state index in [2.05, 4.69) is 37.2 Å². The molecule has 8 atom stereocenters. The smallest absolute Gasteiger partial charge is 0.407 e. The fourth-order valence-corrected chi connectivity index (χ4v) is 11.4. The van der Waals surface area contributed by atoms with E-state index in [-0.39, 0.29) is 109 Å². The number of methoxy groups -OCH3 is 2. The van der Waals surface area contributed by atoms with Crippen molar-refractivity contribution >= 4 is 88.5 Å². The molecule has 2 saturated heterocycles. The van der Waals surface area contributed by atoms with Gasteiger partial charge in [-0.25, -0.2) is 14.4 Å². The summed E-state index contributed by atoms with van der Waals surface area (Å²) in [5, 5.41) is 20.1. The molecule has 0 spiro atoms. The summed E-state index contributed by atoms with van der Waals surface area (Å²) in [6.45, 7) is 14.9. The van der Waals surface area contributed by atoms with Gasteiger partial charge in [-0.1, -0.05) is 94.8 Å². The first-order chi connectivity index (χ1) is 50.6. The number of ether oxygens (including phenoxy) is 9. The van der Waals surface area contributed by atoms with E-state index in [9.17, 15) is 57.5 Å². The van der Waals surface area contributed by atoms with Crippen molar-refractivity contribution in [2.45, 2.75) is 181 Å². The molecular weight excluding hydrogens is 1400 g/mol. The number of benzene rings is 3. The lowest BCUT2D eigenvalue weighted by Gasteiger charge is -2.29. The summed E-state index contributed by atoms with van der Waals surface area (Å²) in [6.07, 6.45) is -0.103. The van der Waals surface area contributed by atoms with Gasteiger partial charge in [-0.2, -0.15) is 0 Å². The number of unbranched alkanes of at least 4 members (excludes halogenated alkanes) is 1. The zero-order chi connectivity index (χ0) is 77.3. The third-order valence-electron chi connectivity index (χ3n) is 17.4. The lowest BCUT2D eigenvalue weighted by molar-refractivity contribution is -0.197. The molecule has 3 aliphatic rings. The molecule has 9 amide bonds. The van der Waals surface area contributed by atoms with Crippen LogP contribution in [0.1, 0.15) is 147 Å². The van der Waals surface area contributed by atoms with Crippen LogP contribution in [0, 0.1) is 23.2 Å². The number of hydroxylamine groups is 2.